The maximum atomic E-state index is 10.9. The van der Waals surface area contributed by atoms with Crippen LogP contribution in [0.1, 0.15) is 32.1 Å². The summed E-state index contributed by atoms with van der Waals surface area (Å²) in [5.74, 6) is 0.884. The quantitative estimate of drug-likeness (QED) is 0.681. The van der Waals surface area contributed by atoms with Gasteiger partial charge >= 0.3 is 0 Å². The van der Waals surface area contributed by atoms with Gasteiger partial charge in [0.25, 0.3) is 0 Å². The Morgan fingerprint density at radius 2 is 2.00 bits per heavy atom. The van der Waals surface area contributed by atoms with E-state index in [1.807, 2.05) is 0 Å². The van der Waals surface area contributed by atoms with Crippen LogP contribution >= 0.6 is 0 Å². The molecule has 3 nitrogen and oxygen atoms in total. The number of rotatable bonds is 4. The lowest BCUT2D eigenvalue weighted by molar-refractivity contribution is -0.119. The zero-order valence-electron chi connectivity index (χ0n) is 8.44. The minimum Gasteiger partial charge on any atom is -0.358 e. The lowest BCUT2D eigenvalue weighted by Gasteiger charge is -2.21. The van der Waals surface area contributed by atoms with E-state index in [4.69, 9.17) is 0 Å². The number of hydrogen-bond donors (Lipinski definition) is 2. The second-order valence-electron chi connectivity index (χ2n) is 3.81. The third-order valence-corrected chi connectivity index (χ3v) is 2.72. The van der Waals surface area contributed by atoms with E-state index in [-0.39, 0.29) is 5.91 Å². The van der Waals surface area contributed by atoms with E-state index < -0.39 is 0 Å². The maximum Gasteiger partial charge on any atom is 0.233 e. The Labute approximate surface area is 80.3 Å². The fourth-order valence-corrected chi connectivity index (χ4v) is 1.87. The summed E-state index contributed by atoms with van der Waals surface area (Å²) in [5.41, 5.74) is 0. The molecule has 0 atom stereocenters. The molecule has 76 valence electrons. The van der Waals surface area contributed by atoms with Crippen molar-refractivity contribution in [3.63, 3.8) is 0 Å². The lowest BCUT2D eigenvalue weighted by atomic mass is 9.89. The standard InChI is InChI=1S/C10H20N2O/c1-11-10(13)8-12-7-9-5-3-2-4-6-9/h9,12H,2-8H2,1H3,(H,11,13). The van der Waals surface area contributed by atoms with Crippen LogP contribution in [0.2, 0.25) is 0 Å². The molecule has 0 radical (unpaired) electrons. The second-order valence-corrected chi connectivity index (χ2v) is 3.81. The Balaban J connectivity index is 2.01. The van der Waals surface area contributed by atoms with Crippen molar-refractivity contribution in [2.45, 2.75) is 32.1 Å². The smallest absolute Gasteiger partial charge is 0.233 e. The van der Waals surface area contributed by atoms with Crippen molar-refractivity contribution in [2.24, 2.45) is 5.92 Å². The van der Waals surface area contributed by atoms with Crippen LogP contribution in [0, 0.1) is 5.92 Å². The van der Waals surface area contributed by atoms with E-state index in [0.717, 1.165) is 12.5 Å². The molecule has 0 saturated heterocycles. The van der Waals surface area contributed by atoms with Crippen LogP contribution in [-0.4, -0.2) is 26.0 Å². The fraction of sp³-hybridized carbons (Fsp3) is 0.900. The van der Waals surface area contributed by atoms with Crippen molar-refractivity contribution in [3.05, 3.63) is 0 Å². The van der Waals surface area contributed by atoms with Crippen LogP contribution in [0.4, 0.5) is 0 Å². The average molecular weight is 184 g/mol. The molecule has 0 aliphatic heterocycles. The van der Waals surface area contributed by atoms with Gasteiger partial charge in [-0.2, -0.15) is 0 Å². The second kappa shape index (κ2) is 5.97. The average Bonchev–Trinajstić information content (AvgIpc) is 2.19. The predicted molar refractivity (Wildman–Crippen MR) is 53.5 cm³/mol. The van der Waals surface area contributed by atoms with Gasteiger partial charge in [0.05, 0.1) is 6.54 Å². The number of amides is 1. The third-order valence-electron chi connectivity index (χ3n) is 2.72. The summed E-state index contributed by atoms with van der Waals surface area (Å²) < 4.78 is 0. The number of likely N-dealkylation sites (N-methyl/N-ethyl adjacent to an activating group) is 1. The SMILES string of the molecule is CNC(=O)CNCC1CCCCC1. The molecule has 1 amide bonds. The van der Waals surface area contributed by atoms with Crippen molar-refractivity contribution in [1.82, 2.24) is 10.6 Å². The molecule has 13 heavy (non-hydrogen) atoms. The van der Waals surface area contributed by atoms with Gasteiger partial charge in [-0.25, -0.2) is 0 Å². The van der Waals surface area contributed by atoms with Crippen molar-refractivity contribution in [2.75, 3.05) is 20.1 Å². The fourth-order valence-electron chi connectivity index (χ4n) is 1.87. The third kappa shape index (κ3) is 4.27. The van der Waals surface area contributed by atoms with E-state index in [1.165, 1.54) is 32.1 Å². The Kier molecular flexibility index (Phi) is 4.83. The molecular formula is C10H20N2O. The van der Waals surface area contributed by atoms with Gasteiger partial charge in [-0.15, -0.1) is 0 Å². The zero-order valence-corrected chi connectivity index (χ0v) is 8.44. The molecule has 1 rings (SSSR count). The Bertz CT molecular complexity index is 153. The van der Waals surface area contributed by atoms with Gasteiger partial charge < -0.3 is 10.6 Å². The summed E-state index contributed by atoms with van der Waals surface area (Å²) >= 11 is 0. The summed E-state index contributed by atoms with van der Waals surface area (Å²) in [7, 11) is 1.67. The van der Waals surface area contributed by atoms with Crippen LogP contribution in [0.15, 0.2) is 0 Å². The minimum atomic E-state index is 0.0795. The van der Waals surface area contributed by atoms with E-state index in [0.29, 0.717) is 6.54 Å². The van der Waals surface area contributed by atoms with E-state index in [2.05, 4.69) is 10.6 Å². The molecule has 0 unspecified atom stereocenters. The van der Waals surface area contributed by atoms with Gasteiger partial charge in [0, 0.05) is 7.05 Å². The van der Waals surface area contributed by atoms with Crippen LogP contribution in [0.25, 0.3) is 0 Å². The number of hydrogen-bond acceptors (Lipinski definition) is 2. The Hall–Kier alpha value is -0.570. The topological polar surface area (TPSA) is 41.1 Å². The molecule has 0 bridgehead atoms. The summed E-state index contributed by atoms with van der Waals surface area (Å²) in [5, 5.41) is 5.80. The van der Waals surface area contributed by atoms with Gasteiger partial charge in [-0.05, 0) is 25.3 Å². The van der Waals surface area contributed by atoms with Crippen molar-refractivity contribution < 1.29 is 4.79 Å². The van der Waals surface area contributed by atoms with Crippen molar-refractivity contribution in [1.29, 1.82) is 0 Å². The highest BCUT2D eigenvalue weighted by atomic mass is 16.1. The number of nitrogens with one attached hydrogen (secondary N) is 2. The highest BCUT2D eigenvalue weighted by molar-refractivity contribution is 5.77. The first-order valence-corrected chi connectivity index (χ1v) is 5.24. The van der Waals surface area contributed by atoms with Crippen molar-refractivity contribution >= 4 is 5.91 Å². The van der Waals surface area contributed by atoms with Gasteiger partial charge in [0.1, 0.15) is 0 Å². The van der Waals surface area contributed by atoms with E-state index in [1.54, 1.807) is 7.05 Å². The van der Waals surface area contributed by atoms with Crippen LogP contribution in [-0.2, 0) is 4.79 Å². The van der Waals surface area contributed by atoms with Crippen LogP contribution < -0.4 is 10.6 Å². The molecule has 0 spiro atoms. The molecule has 0 aromatic rings. The van der Waals surface area contributed by atoms with Gasteiger partial charge in [0.2, 0.25) is 5.91 Å². The summed E-state index contributed by atoms with van der Waals surface area (Å²) in [6.07, 6.45) is 6.80. The normalized spacial score (nSPS) is 18.5. The molecule has 3 heteroatoms. The molecule has 1 fully saturated rings. The number of carbonyl (C=O) groups is 1. The summed E-state index contributed by atoms with van der Waals surface area (Å²) in [6.45, 7) is 1.47. The predicted octanol–water partition coefficient (Wildman–Crippen LogP) is 0.902. The molecule has 2 N–H and O–H groups in total. The maximum absolute atomic E-state index is 10.9. The largest absolute Gasteiger partial charge is 0.358 e. The monoisotopic (exact) mass is 184 g/mol. The first-order valence-electron chi connectivity index (χ1n) is 5.24. The van der Waals surface area contributed by atoms with Crippen LogP contribution in [0.3, 0.4) is 0 Å². The zero-order chi connectivity index (χ0) is 9.52. The first kappa shape index (κ1) is 10.5. The van der Waals surface area contributed by atoms with E-state index in [9.17, 15) is 4.79 Å². The van der Waals surface area contributed by atoms with Gasteiger partial charge in [-0.1, -0.05) is 19.3 Å². The van der Waals surface area contributed by atoms with Crippen LogP contribution in [0.5, 0.6) is 0 Å². The Morgan fingerprint density at radius 1 is 1.31 bits per heavy atom. The highest BCUT2D eigenvalue weighted by Gasteiger charge is 2.12. The lowest BCUT2D eigenvalue weighted by Crippen LogP contribution is -2.34. The first-order chi connectivity index (χ1) is 6.33. The van der Waals surface area contributed by atoms with Gasteiger partial charge in [0.15, 0.2) is 0 Å². The van der Waals surface area contributed by atoms with Gasteiger partial charge in [-0.3, -0.25) is 4.79 Å². The van der Waals surface area contributed by atoms with E-state index >= 15 is 0 Å². The molecule has 1 aliphatic rings. The summed E-state index contributed by atoms with van der Waals surface area (Å²) in [4.78, 5) is 10.9. The minimum absolute atomic E-state index is 0.0795. The van der Waals surface area contributed by atoms with Crippen molar-refractivity contribution in [3.8, 4) is 0 Å². The Morgan fingerprint density at radius 3 is 2.62 bits per heavy atom. The molecular weight excluding hydrogens is 164 g/mol. The molecule has 0 aromatic carbocycles. The molecule has 0 heterocycles. The summed E-state index contributed by atoms with van der Waals surface area (Å²) in [6, 6.07) is 0. The number of carbonyl (C=O) groups excluding carboxylic acids is 1. The molecule has 1 aliphatic carbocycles. The molecule has 0 aromatic heterocycles. The highest BCUT2D eigenvalue weighted by Crippen LogP contribution is 2.22. The molecule has 1 saturated carbocycles.